The van der Waals surface area contributed by atoms with Gasteiger partial charge in [-0.05, 0) is 19.2 Å². The molecule has 1 atom stereocenters. The molecule has 0 saturated carbocycles. The zero-order valence-electron chi connectivity index (χ0n) is 10.4. The molecule has 94 valence electrons. The maximum Gasteiger partial charge on any atom is 0.123 e. The van der Waals surface area contributed by atoms with Gasteiger partial charge in [-0.2, -0.15) is 11.8 Å². The summed E-state index contributed by atoms with van der Waals surface area (Å²) in [4.78, 5) is 4.38. The lowest BCUT2D eigenvalue weighted by Gasteiger charge is -2.23. The molecule has 0 aromatic carbocycles. The highest BCUT2D eigenvalue weighted by atomic mass is 32.2. The van der Waals surface area contributed by atoms with Gasteiger partial charge in [0.1, 0.15) is 11.9 Å². The molecule has 1 aliphatic heterocycles. The van der Waals surface area contributed by atoms with Gasteiger partial charge in [0, 0.05) is 30.4 Å². The van der Waals surface area contributed by atoms with Crippen molar-refractivity contribution in [2.24, 2.45) is 0 Å². The third kappa shape index (κ3) is 3.61. The minimum absolute atomic E-state index is 0.295. The number of thioether (sulfide) groups is 1. The number of rotatable bonds is 4. The highest BCUT2D eigenvalue weighted by Gasteiger charge is 2.16. The summed E-state index contributed by atoms with van der Waals surface area (Å²) < 4.78 is 11.3. The first-order chi connectivity index (χ1) is 8.29. The first-order valence-corrected chi connectivity index (χ1v) is 7.31. The Morgan fingerprint density at radius 1 is 1.47 bits per heavy atom. The summed E-state index contributed by atoms with van der Waals surface area (Å²) in [6, 6.07) is 3.99. The van der Waals surface area contributed by atoms with Gasteiger partial charge in [0.15, 0.2) is 0 Å². The van der Waals surface area contributed by atoms with E-state index in [4.69, 9.17) is 9.47 Å². The van der Waals surface area contributed by atoms with Crippen LogP contribution in [0.5, 0.6) is 5.75 Å². The fourth-order valence-corrected chi connectivity index (χ4v) is 2.20. The Morgan fingerprint density at radius 3 is 2.94 bits per heavy atom. The van der Waals surface area contributed by atoms with Crippen LogP contribution in [0, 0.1) is 0 Å². The van der Waals surface area contributed by atoms with Crippen LogP contribution in [0.2, 0.25) is 0 Å². The molecule has 4 heteroatoms. The summed E-state index contributed by atoms with van der Waals surface area (Å²) in [6.07, 6.45) is 6.18. The highest BCUT2D eigenvalue weighted by molar-refractivity contribution is 7.98. The molecule has 3 nitrogen and oxygen atoms in total. The van der Waals surface area contributed by atoms with Crippen molar-refractivity contribution in [1.82, 2.24) is 4.98 Å². The van der Waals surface area contributed by atoms with Gasteiger partial charge in [-0.3, -0.25) is 4.98 Å². The molecular weight excluding hydrogens is 234 g/mol. The van der Waals surface area contributed by atoms with Crippen molar-refractivity contribution < 1.29 is 9.47 Å². The molecule has 0 amide bonds. The molecule has 0 aliphatic carbocycles. The van der Waals surface area contributed by atoms with Crippen molar-refractivity contribution in [1.29, 1.82) is 0 Å². The average Bonchev–Trinajstić information content (AvgIpc) is 2.39. The van der Waals surface area contributed by atoms with Crippen molar-refractivity contribution in [2.75, 3.05) is 19.5 Å². The standard InChI is InChI=1S/C13H19NO2S/c1-10(17-2)13-9-12(3-6-14-13)16-11-4-7-15-8-5-11/h3,6,9-11H,4-5,7-8H2,1-2H3. The second-order valence-electron chi connectivity index (χ2n) is 4.22. The van der Waals surface area contributed by atoms with E-state index in [1.165, 1.54) is 0 Å². The highest BCUT2D eigenvalue weighted by Crippen LogP contribution is 2.27. The maximum atomic E-state index is 5.96. The lowest BCUT2D eigenvalue weighted by molar-refractivity contribution is 0.0255. The predicted molar refractivity (Wildman–Crippen MR) is 70.6 cm³/mol. The summed E-state index contributed by atoms with van der Waals surface area (Å²) in [5.74, 6) is 0.933. The lowest BCUT2D eigenvalue weighted by Crippen LogP contribution is -2.25. The minimum Gasteiger partial charge on any atom is -0.490 e. The van der Waals surface area contributed by atoms with Crippen molar-refractivity contribution in [3.8, 4) is 5.75 Å². The van der Waals surface area contributed by atoms with Crippen LogP contribution in [0.1, 0.15) is 30.7 Å². The molecule has 1 fully saturated rings. The Kier molecular flexibility index (Phi) is 4.68. The Labute approximate surface area is 107 Å². The molecule has 1 unspecified atom stereocenters. The van der Waals surface area contributed by atoms with Gasteiger partial charge >= 0.3 is 0 Å². The van der Waals surface area contributed by atoms with E-state index in [1.54, 1.807) is 11.8 Å². The van der Waals surface area contributed by atoms with E-state index in [0.717, 1.165) is 37.5 Å². The number of hydrogen-bond donors (Lipinski definition) is 0. The van der Waals surface area contributed by atoms with E-state index in [0.29, 0.717) is 11.4 Å². The van der Waals surface area contributed by atoms with E-state index in [2.05, 4.69) is 24.2 Å². The molecule has 1 aromatic rings. The van der Waals surface area contributed by atoms with Gasteiger partial charge in [-0.15, -0.1) is 0 Å². The second-order valence-corrected chi connectivity index (χ2v) is 5.40. The van der Waals surface area contributed by atoms with Crippen molar-refractivity contribution in [2.45, 2.75) is 31.1 Å². The third-order valence-electron chi connectivity index (χ3n) is 2.99. The van der Waals surface area contributed by atoms with Crippen LogP contribution in [-0.4, -0.2) is 30.6 Å². The summed E-state index contributed by atoms with van der Waals surface area (Å²) in [7, 11) is 0. The van der Waals surface area contributed by atoms with Crippen LogP contribution in [0.3, 0.4) is 0 Å². The number of aromatic nitrogens is 1. The maximum absolute atomic E-state index is 5.96. The second kappa shape index (κ2) is 6.26. The zero-order valence-corrected chi connectivity index (χ0v) is 11.2. The number of ether oxygens (including phenoxy) is 2. The van der Waals surface area contributed by atoms with Crippen LogP contribution in [-0.2, 0) is 4.74 Å². The first-order valence-electron chi connectivity index (χ1n) is 6.02. The molecule has 1 aliphatic rings. The van der Waals surface area contributed by atoms with E-state index in [1.807, 2.05) is 12.3 Å². The largest absolute Gasteiger partial charge is 0.490 e. The number of hydrogen-bond acceptors (Lipinski definition) is 4. The molecule has 2 rings (SSSR count). The quantitative estimate of drug-likeness (QED) is 0.825. The van der Waals surface area contributed by atoms with Crippen molar-refractivity contribution in [3.63, 3.8) is 0 Å². The first kappa shape index (κ1) is 12.7. The van der Waals surface area contributed by atoms with Gasteiger partial charge in [-0.25, -0.2) is 0 Å². The molecule has 0 spiro atoms. The molecule has 1 saturated heterocycles. The normalized spacial score (nSPS) is 18.9. The van der Waals surface area contributed by atoms with Crippen LogP contribution < -0.4 is 4.74 Å². The fourth-order valence-electron chi connectivity index (χ4n) is 1.83. The van der Waals surface area contributed by atoms with E-state index in [-0.39, 0.29) is 0 Å². The molecular formula is C13H19NO2S. The summed E-state index contributed by atoms with van der Waals surface area (Å²) >= 11 is 1.79. The monoisotopic (exact) mass is 253 g/mol. The molecule has 17 heavy (non-hydrogen) atoms. The van der Waals surface area contributed by atoms with Crippen LogP contribution in [0.25, 0.3) is 0 Å². The minimum atomic E-state index is 0.295. The Morgan fingerprint density at radius 2 is 2.24 bits per heavy atom. The predicted octanol–water partition coefficient (Wildman–Crippen LogP) is 3.06. The Hall–Kier alpha value is -0.740. The Bertz CT molecular complexity index is 353. The summed E-state index contributed by atoms with van der Waals surface area (Å²) in [5.41, 5.74) is 1.09. The van der Waals surface area contributed by atoms with Crippen molar-refractivity contribution >= 4 is 11.8 Å². The average molecular weight is 253 g/mol. The van der Waals surface area contributed by atoms with E-state index >= 15 is 0 Å². The van der Waals surface area contributed by atoms with Gasteiger partial charge in [-0.1, -0.05) is 0 Å². The van der Waals surface area contributed by atoms with E-state index in [9.17, 15) is 0 Å². The summed E-state index contributed by atoms with van der Waals surface area (Å²) in [5, 5.41) is 0.410. The van der Waals surface area contributed by atoms with Crippen LogP contribution >= 0.6 is 11.8 Å². The summed E-state index contributed by atoms with van der Waals surface area (Å²) in [6.45, 7) is 3.78. The van der Waals surface area contributed by atoms with Gasteiger partial charge in [0.2, 0.25) is 0 Å². The van der Waals surface area contributed by atoms with Crippen molar-refractivity contribution in [3.05, 3.63) is 24.0 Å². The van der Waals surface area contributed by atoms with Crippen LogP contribution in [0.15, 0.2) is 18.3 Å². The third-order valence-corrected chi connectivity index (χ3v) is 3.94. The number of pyridine rings is 1. The van der Waals surface area contributed by atoms with Gasteiger partial charge in [0.25, 0.3) is 0 Å². The molecule has 1 aromatic heterocycles. The van der Waals surface area contributed by atoms with Gasteiger partial charge < -0.3 is 9.47 Å². The molecule has 0 N–H and O–H groups in total. The molecule has 0 radical (unpaired) electrons. The Balaban J connectivity index is 2.00. The zero-order chi connectivity index (χ0) is 12.1. The van der Waals surface area contributed by atoms with Gasteiger partial charge in [0.05, 0.1) is 18.9 Å². The number of nitrogens with zero attached hydrogens (tertiary/aromatic N) is 1. The van der Waals surface area contributed by atoms with Crippen LogP contribution in [0.4, 0.5) is 0 Å². The lowest BCUT2D eigenvalue weighted by atomic mass is 10.1. The molecule has 2 heterocycles. The van der Waals surface area contributed by atoms with E-state index < -0.39 is 0 Å². The molecule has 0 bridgehead atoms. The topological polar surface area (TPSA) is 31.4 Å². The fraction of sp³-hybridized carbons (Fsp3) is 0.615. The smallest absolute Gasteiger partial charge is 0.123 e. The SMILES string of the molecule is CSC(C)c1cc(OC2CCOCC2)ccn1.